The monoisotopic (exact) mass is 304 g/mol. The average Bonchev–Trinajstić information content (AvgIpc) is 2.63. The maximum Gasteiger partial charge on any atom is 0.138 e. The van der Waals surface area contributed by atoms with Crippen LogP contribution in [-0.4, -0.2) is 17.0 Å². The number of anilines is 4. The minimum absolute atomic E-state index is 0.780. The van der Waals surface area contributed by atoms with E-state index in [2.05, 4.69) is 58.6 Å². The van der Waals surface area contributed by atoms with Gasteiger partial charge in [-0.25, -0.2) is 9.97 Å². The minimum atomic E-state index is 0.780. The summed E-state index contributed by atoms with van der Waals surface area (Å²) in [4.78, 5) is 10.7. The summed E-state index contributed by atoms with van der Waals surface area (Å²) in [6, 6.07) is 20.5. The van der Waals surface area contributed by atoms with Crippen LogP contribution in [0.1, 0.15) is 12.5 Å². The second kappa shape index (κ2) is 6.92. The van der Waals surface area contributed by atoms with Gasteiger partial charge in [-0.3, -0.25) is 0 Å². The summed E-state index contributed by atoms with van der Waals surface area (Å²) in [6.45, 7) is 2.15. The third kappa shape index (κ3) is 3.66. The zero-order valence-electron chi connectivity index (χ0n) is 13.4. The quantitative estimate of drug-likeness (QED) is 0.750. The lowest BCUT2D eigenvalue weighted by atomic mass is 10.1. The summed E-state index contributed by atoms with van der Waals surface area (Å²) < 4.78 is 0. The van der Waals surface area contributed by atoms with Gasteiger partial charge in [-0.1, -0.05) is 37.3 Å². The molecule has 0 atom stereocenters. The fraction of sp³-hybridized carbons (Fsp3) is 0.158. The number of para-hydroxylation sites is 1. The number of aryl methyl sites for hydroxylation is 1. The number of hydrogen-bond acceptors (Lipinski definition) is 4. The fourth-order valence-corrected chi connectivity index (χ4v) is 2.35. The number of nitrogens with zero attached hydrogens (tertiary/aromatic N) is 3. The smallest absolute Gasteiger partial charge is 0.138 e. The molecule has 0 saturated heterocycles. The van der Waals surface area contributed by atoms with E-state index in [1.165, 1.54) is 5.56 Å². The van der Waals surface area contributed by atoms with Crippen LogP contribution >= 0.6 is 0 Å². The van der Waals surface area contributed by atoms with Crippen molar-refractivity contribution in [1.82, 2.24) is 9.97 Å². The van der Waals surface area contributed by atoms with Crippen molar-refractivity contribution in [3.63, 3.8) is 0 Å². The van der Waals surface area contributed by atoms with Gasteiger partial charge in [0, 0.05) is 24.5 Å². The van der Waals surface area contributed by atoms with Crippen LogP contribution in [0.4, 0.5) is 23.0 Å². The lowest BCUT2D eigenvalue weighted by Gasteiger charge is -2.18. The molecule has 1 aromatic heterocycles. The molecule has 1 N–H and O–H groups in total. The zero-order valence-corrected chi connectivity index (χ0v) is 13.4. The van der Waals surface area contributed by atoms with Crippen LogP contribution in [0.15, 0.2) is 67.0 Å². The molecule has 0 spiro atoms. The highest BCUT2D eigenvalue weighted by molar-refractivity contribution is 5.64. The Bertz CT molecular complexity index is 754. The molecule has 0 fully saturated rings. The molecular formula is C19H20N4. The van der Waals surface area contributed by atoms with E-state index >= 15 is 0 Å². The molecule has 4 heteroatoms. The van der Waals surface area contributed by atoms with Crippen LogP contribution < -0.4 is 10.2 Å². The van der Waals surface area contributed by atoms with Gasteiger partial charge >= 0.3 is 0 Å². The first-order chi connectivity index (χ1) is 11.3. The molecule has 23 heavy (non-hydrogen) atoms. The molecule has 0 radical (unpaired) electrons. The predicted octanol–water partition coefficient (Wildman–Crippen LogP) is 4.55. The van der Waals surface area contributed by atoms with E-state index in [-0.39, 0.29) is 0 Å². The van der Waals surface area contributed by atoms with Crippen molar-refractivity contribution < 1.29 is 0 Å². The first-order valence-corrected chi connectivity index (χ1v) is 7.73. The van der Waals surface area contributed by atoms with Crippen LogP contribution in [0.5, 0.6) is 0 Å². The Morgan fingerprint density at radius 1 is 0.957 bits per heavy atom. The third-order valence-corrected chi connectivity index (χ3v) is 3.77. The fourth-order valence-electron chi connectivity index (χ4n) is 2.35. The summed E-state index contributed by atoms with van der Waals surface area (Å²) in [5.41, 5.74) is 3.43. The van der Waals surface area contributed by atoms with Gasteiger partial charge in [0.25, 0.3) is 0 Å². The van der Waals surface area contributed by atoms with Gasteiger partial charge in [0.15, 0.2) is 0 Å². The molecule has 0 aliphatic rings. The Morgan fingerprint density at radius 2 is 1.70 bits per heavy atom. The summed E-state index contributed by atoms with van der Waals surface area (Å²) in [6.07, 6.45) is 2.62. The van der Waals surface area contributed by atoms with Crippen LogP contribution in [0, 0.1) is 0 Å². The molecule has 1 heterocycles. The van der Waals surface area contributed by atoms with Gasteiger partial charge in [0.05, 0.1) is 0 Å². The lowest BCUT2D eigenvalue weighted by molar-refractivity contribution is 1.08. The maximum atomic E-state index is 4.36. The number of benzene rings is 2. The first-order valence-electron chi connectivity index (χ1n) is 7.73. The van der Waals surface area contributed by atoms with Crippen molar-refractivity contribution in [2.45, 2.75) is 13.3 Å². The Balaban J connectivity index is 1.79. The standard InChI is InChI=1S/C19H20N4/c1-3-15-9-11-16(12-10-15)22-18-13-19(21-14-20-18)23(2)17-7-5-4-6-8-17/h4-14H,3H2,1-2H3,(H,20,21,22). The van der Waals surface area contributed by atoms with Gasteiger partial charge in [-0.15, -0.1) is 0 Å². The molecule has 0 saturated carbocycles. The SMILES string of the molecule is CCc1ccc(Nc2cc(N(C)c3ccccc3)ncn2)cc1. The topological polar surface area (TPSA) is 41.0 Å². The van der Waals surface area contributed by atoms with Crippen LogP contribution in [0.3, 0.4) is 0 Å². The number of nitrogens with one attached hydrogen (secondary N) is 1. The van der Waals surface area contributed by atoms with Gasteiger partial charge in [0.1, 0.15) is 18.0 Å². The largest absolute Gasteiger partial charge is 0.340 e. The van der Waals surface area contributed by atoms with E-state index in [4.69, 9.17) is 0 Å². The van der Waals surface area contributed by atoms with E-state index in [1.807, 2.05) is 36.2 Å². The predicted molar refractivity (Wildman–Crippen MR) is 95.6 cm³/mol. The molecule has 4 nitrogen and oxygen atoms in total. The lowest BCUT2D eigenvalue weighted by Crippen LogP contribution is -2.11. The molecule has 116 valence electrons. The second-order valence-electron chi connectivity index (χ2n) is 5.33. The third-order valence-electron chi connectivity index (χ3n) is 3.77. The Hall–Kier alpha value is -2.88. The highest BCUT2D eigenvalue weighted by Crippen LogP contribution is 2.23. The van der Waals surface area contributed by atoms with Gasteiger partial charge in [0.2, 0.25) is 0 Å². The summed E-state index contributed by atoms with van der Waals surface area (Å²) in [5.74, 6) is 1.63. The Kier molecular flexibility index (Phi) is 4.52. The van der Waals surface area contributed by atoms with E-state index in [0.717, 1.165) is 29.4 Å². The van der Waals surface area contributed by atoms with Crippen LogP contribution in [0.25, 0.3) is 0 Å². The maximum absolute atomic E-state index is 4.36. The number of rotatable bonds is 5. The van der Waals surface area contributed by atoms with Crippen molar-refractivity contribution in [2.75, 3.05) is 17.3 Å². The molecule has 0 aliphatic carbocycles. The van der Waals surface area contributed by atoms with E-state index in [9.17, 15) is 0 Å². The van der Waals surface area contributed by atoms with Gasteiger partial charge in [-0.2, -0.15) is 0 Å². The summed E-state index contributed by atoms with van der Waals surface area (Å²) >= 11 is 0. The Morgan fingerprint density at radius 3 is 2.39 bits per heavy atom. The normalized spacial score (nSPS) is 10.3. The molecule has 0 bridgehead atoms. The average molecular weight is 304 g/mol. The van der Waals surface area contributed by atoms with Crippen LogP contribution in [0.2, 0.25) is 0 Å². The molecule has 3 aromatic rings. The molecule has 0 unspecified atom stereocenters. The van der Waals surface area contributed by atoms with Crippen molar-refractivity contribution in [3.05, 3.63) is 72.6 Å². The van der Waals surface area contributed by atoms with Gasteiger partial charge < -0.3 is 10.2 Å². The molecule has 3 rings (SSSR count). The molecule has 0 aliphatic heterocycles. The van der Waals surface area contributed by atoms with Crippen LogP contribution in [-0.2, 0) is 6.42 Å². The van der Waals surface area contributed by atoms with Crippen molar-refractivity contribution in [2.24, 2.45) is 0 Å². The van der Waals surface area contributed by atoms with Crippen molar-refractivity contribution >= 4 is 23.0 Å². The molecule has 2 aromatic carbocycles. The highest BCUT2D eigenvalue weighted by atomic mass is 15.2. The number of aromatic nitrogens is 2. The van der Waals surface area contributed by atoms with E-state index in [0.29, 0.717) is 0 Å². The zero-order chi connectivity index (χ0) is 16.1. The van der Waals surface area contributed by atoms with E-state index < -0.39 is 0 Å². The molecule has 0 amide bonds. The van der Waals surface area contributed by atoms with E-state index in [1.54, 1.807) is 6.33 Å². The summed E-state index contributed by atoms with van der Waals surface area (Å²) in [5, 5.41) is 3.32. The highest BCUT2D eigenvalue weighted by Gasteiger charge is 2.06. The van der Waals surface area contributed by atoms with Gasteiger partial charge in [-0.05, 0) is 36.2 Å². The Labute approximate surface area is 136 Å². The second-order valence-corrected chi connectivity index (χ2v) is 5.33. The summed E-state index contributed by atoms with van der Waals surface area (Å²) in [7, 11) is 2.00. The molecular weight excluding hydrogens is 284 g/mol. The van der Waals surface area contributed by atoms with Crippen molar-refractivity contribution in [3.8, 4) is 0 Å². The first kappa shape index (κ1) is 15.0. The van der Waals surface area contributed by atoms with Crippen molar-refractivity contribution in [1.29, 1.82) is 0 Å². The number of hydrogen-bond donors (Lipinski definition) is 1. The minimum Gasteiger partial charge on any atom is -0.340 e.